The van der Waals surface area contributed by atoms with Crippen LogP contribution in [0.5, 0.6) is 0 Å². The lowest BCUT2D eigenvalue weighted by Gasteiger charge is -2.18. The van der Waals surface area contributed by atoms with E-state index in [0.29, 0.717) is 11.8 Å². The van der Waals surface area contributed by atoms with Crippen LogP contribution in [0.25, 0.3) is 0 Å². The molecule has 0 saturated heterocycles. The minimum Gasteiger partial charge on any atom is -0.481 e. The monoisotopic (exact) mass is 307 g/mol. The molecule has 0 aliphatic carbocycles. The molecule has 1 aromatic rings. The molecule has 1 heterocycles. The highest BCUT2D eigenvalue weighted by atomic mass is 32.2. The zero-order chi connectivity index (χ0) is 15.3. The molecule has 0 fully saturated rings. The van der Waals surface area contributed by atoms with E-state index in [1.54, 1.807) is 0 Å². The highest BCUT2D eigenvalue weighted by Gasteiger charge is 2.28. The first-order valence-corrected chi connectivity index (χ1v) is 6.77. The summed E-state index contributed by atoms with van der Waals surface area (Å²) in [4.78, 5) is 22.6. The van der Waals surface area contributed by atoms with Gasteiger partial charge in [-0.3, -0.25) is 9.59 Å². The maximum Gasteiger partial charge on any atom is 0.310 e. The van der Waals surface area contributed by atoms with Crippen molar-refractivity contribution in [2.24, 2.45) is 5.41 Å². The van der Waals surface area contributed by atoms with Gasteiger partial charge in [0.15, 0.2) is 5.76 Å². The van der Waals surface area contributed by atoms with E-state index in [1.807, 2.05) is 0 Å². The van der Waals surface area contributed by atoms with Crippen LogP contribution in [0.3, 0.4) is 0 Å². The van der Waals surface area contributed by atoms with Crippen LogP contribution in [0, 0.1) is 5.41 Å². The Morgan fingerprint density at radius 2 is 2.10 bits per heavy atom. The molecule has 1 rings (SSSR count). The quantitative estimate of drug-likeness (QED) is 0.809. The molecule has 8 heteroatoms. The summed E-state index contributed by atoms with van der Waals surface area (Å²) in [5.41, 5.74) is -1.10. The highest BCUT2D eigenvalue weighted by molar-refractivity contribution is 7.98. The molecule has 0 aliphatic rings. The Kier molecular flexibility index (Phi) is 5.55. The van der Waals surface area contributed by atoms with E-state index in [-0.39, 0.29) is 23.8 Å². The Morgan fingerprint density at radius 1 is 1.45 bits per heavy atom. The first-order chi connectivity index (χ1) is 9.22. The Bertz CT molecular complexity index is 488. The number of thioether (sulfide) groups is 1. The van der Waals surface area contributed by atoms with Crippen LogP contribution in [-0.2, 0) is 10.5 Å². The number of aliphatic carboxylic acids is 1. The molecule has 0 atom stereocenters. The number of carbonyl (C=O) groups is 2. The van der Waals surface area contributed by atoms with Gasteiger partial charge in [-0.2, -0.15) is 8.78 Å². The van der Waals surface area contributed by atoms with Crippen molar-refractivity contribution in [1.82, 2.24) is 5.32 Å². The Labute approximate surface area is 118 Å². The number of halogens is 2. The number of furan rings is 1. The zero-order valence-corrected chi connectivity index (χ0v) is 11.8. The second-order valence-corrected chi connectivity index (χ2v) is 5.69. The van der Waals surface area contributed by atoms with Gasteiger partial charge < -0.3 is 14.8 Å². The van der Waals surface area contributed by atoms with Crippen LogP contribution in [0.2, 0.25) is 0 Å². The molecule has 112 valence electrons. The first-order valence-electron chi connectivity index (χ1n) is 5.72. The maximum atomic E-state index is 12.0. The van der Waals surface area contributed by atoms with Crippen LogP contribution in [0.4, 0.5) is 8.78 Å². The zero-order valence-electron chi connectivity index (χ0n) is 11.0. The van der Waals surface area contributed by atoms with Crippen molar-refractivity contribution in [2.45, 2.75) is 25.4 Å². The summed E-state index contributed by atoms with van der Waals surface area (Å²) in [6, 6.07) is 2.80. The van der Waals surface area contributed by atoms with Crippen LogP contribution < -0.4 is 5.32 Å². The van der Waals surface area contributed by atoms with E-state index in [0.717, 1.165) is 0 Å². The Morgan fingerprint density at radius 3 is 2.65 bits per heavy atom. The van der Waals surface area contributed by atoms with Gasteiger partial charge >= 0.3 is 5.97 Å². The molecule has 20 heavy (non-hydrogen) atoms. The van der Waals surface area contributed by atoms with E-state index in [2.05, 4.69) is 5.32 Å². The Balaban J connectivity index is 2.54. The minimum absolute atomic E-state index is 0.0314. The van der Waals surface area contributed by atoms with E-state index < -0.39 is 23.0 Å². The van der Waals surface area contributed by atoms with Crippen LogP contribution in [0.1, 0.15) is 30.2 Å². The summed E-state index contributed by atoms with van der Waals surface area (Å²) in [5.74, 6) is -3.92. The van der Waals surface area contributed by atoms with Gasteiger partial charge in [0, 0.05) is 6.54 Å². The molecule has 0 bridgehead atoms. The summed E-state index contributed by atoms with van der Waals surface area (Å²) in [6.45, 7) is 2.88. The molecular formula is C12H15F2NO4S. The fraction of sp³-hybridized carbons (Fsp3) is 0.500. The number of rotatable bonds is 7. The summed E-state index contributed by atoms with van der Waals surface area (Å²) < 4.78 is 29.1. The van der Waals surface area contributed by atoms with Gasteiger partial charge in [-0.25, -0.2) is 0 Å². The fourth-order valence-corrected chi connectivity index (χ4v) is 1.63. The van der Waals surface area contributed by atoms with Gasteiger partial charge in [-0.1, -0.05) is 11.8 Å². The van der Waals surface area contributed by atoms with Gasteiger partial charge in [0.25, 0.3) is 11.7 Å². The topological polar surface area (TPSA) is 79.5 Å². The van der Waals surface area contributed by atoms with Crippen molar-refractivity contribution in [1.29, 1.82) is 0 Å². The van der Waals surface area contributed by atoms with Crippen molar-refractivity contribution >= 4 is 23.6 Å². The van der Waals surface area contributed by atoms with Crippen molar-refractivity contribution in [3.63, 3.8) is 0 Å². The number of carboxylic acid groups (broad SMARTS) is 1. The third-order valence-electron chi connectivity index (χ3n) is 2.51. The van der Waals surface area contributed by atoms with E-state index in [9.17, 15) is 18.4 Å². The number of hydrogen-bond donors (Lipinski definition) is 2. The number of nitrogens with one attached hydrogen (secondary N) is 1. The second kappa shape index (κ2) is 6.74. The van der Waals surface area contributed by atoms with Crippen LogP contribution >= 0.6 is 11.8 Å². The smallest absolute Gasteiger partial charge is 0.310 e. The molecule has 2 N–H and O–H groups in total. The number of alkyl halides is 2. The maximum absolute atomic E-state index is 12.0. The molecular weight excluding hydrogens is 292 g/mol. The summed E-state index contributed by atoms with van der Waals surface area (Å²) in [7, 11) is 0. The number of carbonyl (C=O) groups excluding carboxylic acids is 1. The predicted octanol–water partition coefficient (Wildman–Crippen LogP) is 2.58. The molecule has 0 aromatic carbocycles. The van der Waals surface area contributed by atoms with Crippen molar-refractivity contribution in [2.75, 3.05) is 6.54 Å². The molecule has 0 aliphatic heterocycles. The SMILES string of the molecule is CC(C)(CNC(=O)c1ccc(CSC(F)F)o1)C(=O)O. The normalized spacial score (nSPS) is 11.7. The molecule has 0 unspecified atom stereocenters. The van der Waals surface area contributed by atoms with Gasteiger partial charge in [0.1, 0.15) is 5.76 Å². The van der Waals surface area contributed by atoms with E-state index in [1.165, 1.54) is 26.0 Å². The molecule has 1 amide bonds. The third-order valence-corrected chi connectivity index (χ3v) is 3.21. The van der Waals surface area contributed by atoms with Crippen LogP contribution in [0.15, 0.2) is 16.5 Å². The standard InChI is InChI=1S/C12H15F2NO4S/c1-12(2,10(17)18)6-15-9(16)8-4-3-7(19-8)5-20-11(13)14/h3-4,11H,5-6H2,1-2H3,(H,15,16)(H,17,18). The Hall–Kier alpha value is -1.57. The highest BCUT2D eigenvalue weighted by Crippen LogP contribution is 2.21. The number of hydrogen-bond acceptors (Lipinski definition) is 4. The largest absolute Gasteiger partial charge is 0.481 e. The lowest BCUT2D eigenvalue weighted by Crippen LogP contribution is -2.38. The number of amides is 1. The molecule has 5 nitrogen and oxygen atoms in total. The predicted molar refractivity (Wildman–Crippen MR) is 69.8 cm³/mol. The first kappa shape index (κ1) is 16.5. The minimum atomic E-state index is -2.51. The molecule has 0 spiro atoms. The fourth-order valence-electron chi connectivity index (χ4n) is 1.19. The lowest BCUT2D eigenvalue weighted by atomic mass is 9.94. The molecule has 1 aromatic heterocycles. The average Bonchev–Trinajstić information content (AvgIpc) is 2.82. The van der Waals surface area contributed by atoms with E-state index >= 15 is 0 Å². The molecule has 0 radical (unpaired) electrons. The number of carboxylic acids is 1. The van der Waals surface area contributed by atoms with Crippen LogP contribution in [-0.4, -0.2) is 29.3 Å². The average molecular weight is 307 g/mol. The van der Waals surface area contributed by atoms with Gasteiger partial charge in [0.05, 0.1) is 11.2 Å². The third kappa shape index (κ3) is 4.84. The van der Waals surface area contributed by atoms with Crippen molar-refractivity contribution < 1.29 is 27.9 Å². The summed E-state index contributed by atoms with van der Waals surface area (Å²) in [6.07, 6.45) is 0. The van der Waals surface area contributed by atoms with Gasteiger partial charge in [-0.05, 0) is 26.0 Å². The van der Waals surface area contributed by atoms with Crippen molar-refractivity contribution in [3.8, 4) is 0 Å². The van der Waals surface area contributed by atoms with Crippen molar-refractivity contribution in [3.05, 3.63) is 23.7 Å². The van der Waals surface area contributed by atoms with Gasteiger partial charge in [-0.15, -0.1) is 0 Å². The van der Waals surface area contributed by atoms with Gasteiger partial charge in [0.2, 0.25) is 0 Å². The summed E-state index contributed by atoms with van der Waals surface area (Å²) >= 11 is 0.394. The van der Waals surface area contributed by atoms with E-state index in [4.69, 9.17) is 9.52 Å². The summed E-state index contributed by atoms with van der Waals surface area (Å²) in [5, 5.41) is 11.3. The molecule has 0 saturated carbocycles. The lowest BCUT2D eigenvalue weighted by molar-refractivity contribution is -0.146. The second-order valence-electron chi connectivity index (χ2n) is 4.71.